The number of guanidine groups is 3. The molecule has 84 heavy (non-hydrogen) atoms. The molecular formula is C60H78N18O6. The Morgan fingerprint density at radius 2 is 0.655 bits per heavy atom. The smallest absolute Gasteiger partial charge is 0.251 e. The third kappa shape index (κ3) is 18.6. The number of carbonyl (C=O) groups excluding carboxylic acids is 6. The third-order valence-electron chi connectivity index (χ3n) is 14.2. The summed E-state index contributed by atoms with van der Waals surface area (Å²) in [7, 11) is 0. The van der Waals surface area contributed by atoms with E-state index in [2.05, 4.69) is 61.8 Å². The van der Waals surface area contributed by atoms with Crippen LogP contribution in [0.2, 0.25) is 0 Å². The van der Waals surface area contributed by atoms with Crippen LogP contribution in [-0.4, -0.2) is 126 Å². The van der Waals surface area contributed by atoms with Crippen molar-refractivity contribution in [2.75, 3.05) is 39.3 Å². The molecule has 21 N–H and O–H groups in total. The van der Waals surface area contributed by atoms with Gasteiger partial charge in [-0.2, -0.15) is 0 Å². The van der Waals surface area contributed by atoms with E-state index in [4.69, 9.17) is 34.4 Å². The van der Waals surface area contributed by atoms with E-state index in [0.717, 1.165) is 49.4 Å². The lowest BCUT2D eigenvalue weighted by molar-refractivity contribution is -0.123. The lowest BCUT2D eigenvalue weighted by atomic mass is 10.00. The first-order chi connectivity index (χ1) is 40.6. The lowest BCUT2D eigenvalue weighted by Gasteiger charge is -2.21. The molecule has 0 aliphatic rings. The molecule has 0 bridgehead atoms. The van der Waals surface area contributed by atoms with Crippen LogP contribution in [0.1, 0.15) is 106 Å². The number of nitrogens with zero attached hydrogens (tertiary/aromatic N) is 3. The number of carbonyl (C=O) groups is 6. The number of aromatic nitrogens is 3. The Labute approximate surface area is 486 Å². The number of H-pyrrole nitrogens is 3. The molecule has 0 spiro atoms. The van der Waals surface area contributed by atoms with Crippen molar-refractivity contribution >= 4 is 86.0 Å². The fourth-order valence-corrected chi connectivity index (χ4v) is 9.80. The van der Waals surface area contributed by atoms with Crippen molar-refractivity contribution < 1.29 is 28.8 Å². The zero-order valence-corrected chi connectivity index (χ0v) is 47.1. The zero-order chi connectivity index (χ0) is 59.8. The van der Waals surface area contributed by atoms with Crippen LogP contribution in [0.4, 0.5) is 0 Å². The summed E-state index contributed by atoms with van der Waals surface area (Å²) in [5.74, 6) is -3.75. The molecule has 0 radical (unpaired) electrons. The Kier molecular flexibility index (Phi) is 23.1. The van der Waals surface area contributed by atoms with Gasteiger partial charge in [-0.05, 0) is 111 Å². The lowest BCUT2D eigenvalue weighted by Crippen LogP contribution is -2.49. The summed E-state index contributed by atoms with van der Waals surface area (Å²) in [6, 6.07) is 23.2. The molecular weight excluding hydrogens is 1070 g/mol. The molecule has 0 saturated heterocycles. The summed E-state index contributed by atoms with van der Waals surface area (Å²) < 4.78 is 0. The van der Waals surface area contributed by atoms with Gasteiger partial charge in [-0.3, -0.25) is 43.7 Å². The van der Waals surface area contributed by atoms with E-state index >= 15 is 0 Å². The largest absolute Gasteiger partial charge is 0.370 e. The van der Waals surface area contributed by atoms with Crippen LogP contribution in [0.5, 0.6) is 0 Å². The quantitative estimate of drug-likeness (QED) is 0.0160. The Balaban J connectivity index is 1.20. The van der Waals surface area contributed by atoms with E-state index in [9.17, 15) is 28.8 Å². The number of para-hydroxylation sites is 3. The molecule has 0 aliphatic carbocycles. The number of amides is 6. The predicted molar refractivity (Wildman–Crippen MR) is 329 cm³/mol. The minimum Gasteiger partial charge on any atom is -0.370 e. The number of unbranched alkanes of at least 4 members (excludes halogenated alkanes) is 6. The van der Waals surface area contributed by atoms with Crippen LogP contribution in [0, 0.1) is 0 Å². The molecule has 6 amide bonds. The maximum Gasteiger partial charge on any atom is 0.251 e. The van der Waals surface area contributed by atoms with Crippen molar-refractivity contribution in [1.82, 2.24) is 46.9 Å². The number of aromatic amines is 3. The van der Waals surface area contributed by atoms with Gasteiger partial charge in [0, 0.05) is 127 Å². The van der Waals surface area contributed by atoms with Crippen LogP contribution in [0.25, 0.3) is 32.7 Å². The molecule has 24 nitrogen and oxygen atoms in total. The van der Waals surface area contributed by atoms with E-state index in [1.54, 1.807) is 18.6 Å². The monoisotopic (exact) mass is 1150 g/mol. The number of nitrogens with two attached hydrogens (primary N) is 6. The molecule has 0 aliphatic heterocycles. The van der Waals surface area contributed by atoms with Crippen molar-refractivity contribution in [2.24, 2.45) is 49.4 Å². The van der Waals surface area contributed by atoms with Gasteiger partial charge >= 0.3 is 0 Å². The predicted octanol–water partition coefficient (Wildman–Crippen LogP) is 2.83. The van der Waals surface area contributed by atoms with Crippen LogP contribution >= 0.6 is 0 Å². The summed E-state index contributed by atoms with van der Waals surface area (Å²) in [4.78, 5) is 109. The molecule has 0 saturated carbocycles. The molecule has 3 heterocycles. The third-order valence-corrected chi connectivity index (χ3v) is 14.2. The number of aliphatic imine (C=N–C) groups is 3. The number of nitrogens with one attached hydrogen (secondary N) is 9. The summed E-state index contributed by atoms with van der Waals surface area (Å²) in [6.07, 6.45) is 11.6. The summed E-state index contributed by atoms with van der Waals surface area (Å²) in [5, 5.41) is 20.1. The van der Waals surface area contributed by atoms with Crippen molar-refractivity contribution in [3.63, 3.8) is 0 Å². The van der Waals surface area contributed by atoms with Gasteiger partial charge in [0.05, 0.1) is 0 Å². The van der Waals surface area contributed by atoms with Gasteiger partial charge in [-0.1, -0.05) is 54.6 Å². The highest BCUT2D eigenvalue weighted by atomic mass is 16.2. The van der Waals surface area contributed by atoms with E-state index in [1.165, 1.54) is 18.2 Å². The molecule has 4 aromatic carbocycles. The molecule has 7 aromatic rings. The number of hydrogen-bond donors (Lipinski definition) is 15. The Morgan fingerprint density at radius 1 is 0.381 bits per heavy atom. The highest BCUT2D eigenvalue weighted by Crippen LogP contribution is 2.23. The normalized spacial score (nSPS) is 12.1. The highest BCUT2D eigenvalue weighted by Gasteiger charge is 2.29. The van der Waals surface area contributed by atoms with Gasteiger partial charge < -0.3 is 81.3 Å². The maximum atomic E-state index is 14.9. The van der Waals surface area contributed by atoms with Crippen LogP contribution < -0.4 is 66.3 Å². The van der Waals surface area contributed by atoms with Crippen molar-refractivity contribution in [2.45, 2.75) is 95.2 Å². The minimum absolute atomic E-state index is 0.000116. The average Bonchev–Trinajstić information content (AvgIpc) is 4.36. The summed E-state index contributed by atoms with van der Waals surface area (Å²) in [6.45, 7) is 2.20. The molecule has 444 valence electrons. The van der Waals surface area contributed by atoms with E-state index in [1.807, 2.05) is 72.8 Å². The fourth-order valence-electron chi connectivity index (χ4n) is 9.80. The van der Waals surface area contributed by atoms with E-state index in [-0.39, 0.29) is 53.8 Å². The van der Waals surface area contributed by atoms with Crippen LogP contribution in [0.15, 0.2) is 125 Å². The molecule has 3 atom stereocenters. The van der Waals surface area contributed by atoms with Gasteiger partial charge in [-0.15, -0.1) is 0 Å². The Hall–Kier alpha value is -9.87. The highest BCUT2D eigenvalue weighted by molar-refractivity contribution is 6.07. The summed E-state index contributed by atoms with van der Waals surface area (Å²) in [5.41, 5.74) is 37.2. The van der Waals surface area contributed by atoms with Gasteiger partial charge in [0.1, 0.15) is 18.1 Å². The minimum atomic E-state index is -1.14. The molecule has 24 heteroatoms. The first kappa shape index (κ1) is 61.7. The Bertz CT molecular complexity index is 3090. The Morgan fingerprint density at radius 3 is 0.929 bits per heavy atom. The fraction of sp³-hybridized carbons (Fsp3) is 0.350. The molecule has 0 unspecified atom stereocenters. The average molecular weight is 1150 g/mol. The van der Waals surface area contributed by atoms with Crippen LogP contribution in [0.3, 0.4) is 0 Å². The molecule has 7 rings (SSSR count). The second kappa shape index (κ2) is 31.4. The van der Waals surface area contributed by atoms with E-state index < -0.39 is 53.6 Å². The van der Waals surface area contributed by atoms with Gasteiger partial charge in [-0.25, -0.2) is 0 Å². The second-order valence-corrected chi connectivity index (χ2v) is 20.5. The zero-order valence-electron chi connectivity index (χ0n) is 47.1. The standard InChI is InChI=1S/C60H78N18O6/c61-58(62)70-25-13-1-10-22-67-55(82)49(31-40-34-73-46-19-7-4-16-43(40)46)76-52(79)37-28-38(53(80)77-50(32-41-35-74-47-20-8-5-17-44(41)47)56(83)68-23-11-2-14-26-71-59(63)64)30-39(29-37)54(81)78-51(33-42-36-75-48-21-9-6-18-45(42)48)57(84)69-24-12-3-15-27-72-60(65)66/h4-9,16-21,28-30,34-36,49-51,73-75H,1-3,10-15,22-27,31-33H2,(H,67,82)(H,68,83)(H,69,84)(H,76,79)(H,77,80)(H,78,81)(H4,61,62,70)(H4,63,64,71)(H4,65,66,72)/t49-,50-,51-/m0/s1. The topological polar surface area (TPSA) is 415 Å². The SMILES string of the molecule is NC(N)=NCCCCCNC(=O)[C@H](Cc1c[nH]c2ccccc12)NC(=O)c1cc(C(=O)N[C@@H](Cc2c[nH]c3ccccc23)C(=O)NCCCCCN=C(N)N)cc(C(=O)N[C@@H](Cc2c[nH]c3ccccc23)C(=O)NCCCCCN=C(N)N)c1. The summed E-state index contributed by atoms with van der Waals surface area (Å²) >= 11 is 0. The van der Waals surface area contributed by atoms with Crippen molar-refractivity contribution in [1.29, 1.82) is 0 Å². The van der Waals surface area contributed by atoms with Crippen molar-refractivity contribution in [3.8, 4) is 0 Å². The van der Waals surface area contributed by atoms with Gasteiger partial charge in [0.15, 0.2) is 17.9 Å². The molecule has 0 fully saturated rings. The number of hydrogen-bond acceptors (Lipinski definition) is 9. The van der Waals surface area contributed by atoms with Crippen molar-refractivity contribution in [3.05, 3.63) is 143 Å². The van der Waals surface area contributed by atoms with Gasteiger partial charge in [0.2, 0.25) is 17.7 Å². The first-order valence-corrected chi connectivity index (χ1v) is 28.4. The number of fused-ring (bicyclic) bond motifs is 3. The number of rotatable bonds is 33. The maximum absolute atomic E-state index is 14.9. The molecule has 3 aromatic heterocycles. The van der Waals surface area contributed by atoms with E-state index in [0.29, 0.717) is 97.1 Å². The second-order valence-electron chi connectivity index (χ2n) is 20.5. The number of benzene rings is 4. The first-order valence-electron chi connectivity index (χ1n) is 28.4. The van der Waals surface area contributed by atoms with Crippen LogP contribution in [-0.2, 0) is 33.6 Å². The van der Waals surface area contributed by atoms with Gasteiger partial charge in [0.25, 0.3) is 17.7 Å².